The number of carbonyl (C=O) groups is 1. The van der Waals surface area contributed by atoms with Gasteiger partial charge in [0.05, 0.1) is 23.0 Å². The highest BCUT2D eigenvalue weighted by Gasteiger charge is 2.37. The summed E-state index contributed by atoms with van der Waals surface area (Å²) in [5.41, 5.74) is 0.626. The molecule has 0 spiro atoms. The number of halogens is 1. The topological polar surface area (TPSA) is 64.0 Å². The van der Waals surface area contributed by atoms with E-state index in [2.05, 4.69) is 10.4 Å². The molecule has 1 aliphatic rings. The number of nitrogens with zero attached hydrogens (tertiary/aromatic N) is 2. The van der Waals surface area contributed by atoms with Gasteiger partial charge in [-0.3, -0.25) is 9.59 Å². The second kappa shape index (κ2) is 7.19. The van der Waals surface area contributed by atoms with Crippen molar-refractivity contribution in [3.63, 3.8) is 0 Å². The van der Waals surface area contributed by atoms with Gasteiger partial charge in [-0.25, -0.2) is 9.07 Å². The summed E-state index contributed by atoms with van der Waals surface area (Å²) in [5, 5.41) is 8.69. The summed E-state index contributed by atoms with van der Waals surface area (Å²) in [6.07, 6.45) is 3.59. The van der Waals surface area contributed by atoms with Gasteiger partial charge < -0.3 is 5.32 Å². The molecule has 4 rings (SSSR count). The molecule has 0 radical (unpaired) electrons. The van der Waals surface area contributed by atoms with E-state index in [1.165, 1.54) is 16.8 Å². The van der Waals surface area contributed by atoms with E-state index in [0.29, 0.717) is 16.5 Å². The van der Waals surface area contributed by atoms with Crippen LogP contribution in [-0.2, 0) is 23.8 Å². The number of benzene rings is 2. The Kier molecular flexibility index (Phi) is 4.71. The van der Waals surface area contributed by atoms with Crippen molar-refractivity contribution in [2.24, 2.45) is 7.05 Å². The molecular weight excluding hydrogens is 357 g/mol. The minimum absolute atomic E-state index is 0.0612. The van der Waals surface area contributed by atoms with Crippen LogP contribution in [0.25, 0.3) is 10.8 Å². The van der Waals surface area contributed by atoms with Crippen molar-refractivity contribution in [1.82, 2.24) is 15.1 Å². The molecule has 1 N–H and O–H groups in total. The first-order chi connectivity index (χ1) is 13.5. The number of hydrogen-bond acceptors (Lipinski definition) is 3. The SMILES string of the molecule is Cn1nc(CC(=O)NC2(c3cccc(F)c3)CCCC2)c2ccccc2c1=O. The molecule has 144 valence electrons. The molecular formula is C22H22FN3O2. The zero-order valence-corrected chi connectivity index (χ0v) is 15.7. The Morgan fingerprint density at radius 3 is 2.57 bits per heavy atom. The Hall–Kier alpha value is -3.02. The molecule has 0 unspecified atom stereocenters. The lowest BCUT2D eigenvalue weighted by Gasteiger charge is -2.31. The summed E-state index contributed by atoms with van der Waals surface area (Å²) in [5.74, 6) is -0.480. The van der Waals surface area contributed by atoms with Crippen molar-refractivity contribution in [2.75, 3.05) is 0 Å². The van der Waals surface area contributed by atoms with Crippen LogP contribution in [-0.4, -0.2) is 15.7 Å². The van der Waals surface area contributed by atoms with E-state index in [1.54, 1.807) is 25.2 Å². The fourth-order valence-electron chi connectivity index (χ4n) is 4.22. The summed E-state index contributed by atoms with van der Waals surface area (Å²) in [6.45, 7) is 0. The summed E-state index contributed by atoms with van der Waals surface area (Å²) < 4.78 is 15.0. The molecule has 1 amide bonds. The van der Waals surface area contributed by atoms with Crippen LogP contribution in [0.4, 0.5) is 4.39 Å². The molecule has 0 saturated heterocycles. The monoisotopic (exact) mass is 379 g/mol. The van der Waals surface area contributed by atoms with Crippen LogP contribution in [0.5, 0.6) is 0 Å². The molecule has 6 heteroatoms. The van der Waals surface area contributed by atoms with Crippen molar-refractivity contribution in [3.05, 3.63) is 76.0 Å². The quantitative estimate of drug-likeness (QED) is 0.757. The Bertz CT molecular complexity index is 1100. The largest absolute Gasteiger partial charge is 0.346 e. The van der Waals surface area contributed by atoms with E-state index >= 15 is 0 Å². The highest BCUT2D eigenvalue weighted by molar-refractivity contribution is 5.88. The third-order valence-electron chi connectivity index (χ3n) is 5.57. The number of amides is 1. The van der Waals surface area contributed by atoms with E-state index in [1.807, 2.05) is 18.2 Å². The number of nitrogens with one attached hydrogen (secondary N) is 1. The minimum atomic E-state index is -0.546. The standard InChI is InChI=1S/C22H22FN3O2/c1-26-21(28)18-10-3-2-9-17(18)19(25-26)14-20(27)24-22(11-4-5-12-22)15-7-6-8-16(23)13-15/h2-3,6-10,13H,4-5,11-12,14H2,1H3,(H,24,27). The van der Waals surface area contributed by atoms with Gasteiger partial charge in [0, 0.05) is 12.4 Å². The third-order valence-corrected chi connectivity index (χ3v) is 5.57. The molecule has 5 nitrogen and oxygen atoms in total. The van der Waals surface area contributed by atoms with E-state index in [-0.39, 0.29) is 23.7 Å². The van der Waals surface area contributed by atoms with Crippen LogP contribution in [0, 0.1) is 5.82 Å². The third kappa shape index (κ3) is 3.30. The van der Waals surface area contributed by atoms with Crippen LogP contribution in [0.3, 0.4) is 0 Å². The predicted octanol–water partition coefficient (Wildman–Crippen LogP) is 3.20. The van der Waals surface area contributed by atoms with Gasteiger partial charge in [-0.15, -0.1) is 0 Å². The number of carbonyl (C=O) groups excluding carboxylic acids is 1. The van der Waals surface area contributed by atoms with Gasteiger partial charge in [0.2, 0.25) is 5.91 Å². The molecule has 1 fully saturated rings. The van der Waals surface area contributed by atoms with E-state index in [0.717, 1.165) is 31.2 Å². The van der Waals surface area contributed by atoms with Gasteiger partial charge >= 0.3 is 0 Å². The van der Waals surface area contributed by atoms with Crippen LogP contribution >= 0.6 is 0 Å². The van der Waals surface area contributed by atoms with Gasteiger partial charge in [-0.05, 0) is 36.6 Å². The Balaban J connectivity index is 1.65. The average molecular weight is 379 g/mol. The molecule has 1 saturated carbocycles. The second-order valence-electron chi connectivity index (χ2n) is 7.45. The maximum atomic E-state index is 13.8. The summed E-state index contributed by atoms with van der Waals surface area (Å²) >= 11 is 0. The number of aryl methyl sites for hydroxylation is 1. The van der Waals surface area contributed by atoms with Crippen LogP contribution in [0.1, 0.15) is 36.9 Å². The van der Waals surface area contributed by atoms with E-state index < -0.39 is 5.54 Å². The molecule has 0 bridgehead atoms. The van der Waals surface area contributed by atoms with Crippen molar-refractivity contribution in [3.8, 4) is 0 Å². The molecule has 0 atom stereocenters. The van der Waals surface area contributed by atoms with Crippen molar-refractivity contribution in [2.45, 2.75) is 37.6 Å². The minimum Gasteiger partial charge on any atom is -0.346 e. The van der Waals surface area contributed by atoms with Crippen molar-refractivity contribution < 1.29 is 9.18 Å². The number of aromatic nitrogens is 2. The first-order valence-electron chi connectivity index (χ1n) is 9.50. The maximum Gasteiger partial charge on any atom is 0.274 e. The Labute approximate surface area is 162 Å². The van der Waals surface area contributed by atoms with Crippen LogP contribution < -0.4 is 10.9 Å². The van der Waals surface area contributed by atoms with Crippen LogP contribution in [0.15, 0.2) is 53.3 Å². The van der Waals surface area contributed by atoms with Gasteiger partial charge in [-0.2, -0.15) is 5.10 Å². The molecule has 1 heterocycles. The van der Waals surface area contributed by atoms with Crippen molar-refractivity contribution in [1.29, 1.82) is 0 Å². The fourth-order valence-corrected chi connectivity index (χ4v) is 4.22. The second-order valence-corrected chi connectivity index (χ2v) is 7.45. The predicted molar refractivity (Wildman–Crippen MR) is 105 cm³/mol. The number of hydrogen-bond donors (Lipinski definition) is 1. The zero-order chi connectivity index (χ0) is 19.7. The zero-order valence-electron chi connectivity index (χ0n) is 15.7. The normalized spacial score (nSPS) is 15.6. The fraction of sp³-hybridized carbons (Fsp3) is 0.318. The van der Waals surface area contributed by atoms with Crippen LogP contribution in [0.2, 0.25) is 0 Å². The van der Waals surface area contributed by atoms with Crippen molar-refractivity contribution >= 4 is 16.7 Å². The average Bonchev–Trinajstić information content (AvgIpc) is 3.15. The first kappa shape index (κ1) is 18.3. The molecule has 1 aliphatic carbocycles. The summed E-state index contributed by atoms with van der Waals surface area (Å²) in [4.78, 5) is 25.2. The molecule has 3 aromatic rings. The summed E-state index contributed by atoms with van der Waals surface area (Å²) in [6, 6.07) is 13.6. The van der Waals surface area contributed by atoms with Gasteiger partial charge in [-0.1, -0.05) is 43.2 Å². The summed E-state index contributed by atoms with van der Waals surface area (Å²) in [7, 11) is 1.58. The van der Waals surface area contributed by atoms with E-state index in [9.17, 15) is 14.0 Å². The smallest absolute Gasteiger partial charge is 0.274 e. The van der Waals surface area contributed by atoms with Gasteiger partial charge in [0.15, 0.2) is 0 Å². The first-order valence-corrected chi connectivity index (χ1v) is 9.50. The highest BCUT2D eigenvalue weighted by Crippen LogP contribution is 2.39. The Morgan fingerprint density at radius 1 is 1.14 bits per heavy atom. The number of rotatable bonds is 4. The molecule has 1 aromatic heterocycles. The van der Waals surface area contributed by atoms with Gasteiger partial charge in [0.25, 0.3) is 5.56 Å². The number of fused-ring (bicyclic) bond motifs is 1. The molecule has 28 heavy (non-hydrogen) atoms. The van der Waals surface area contributed by atoms with E-state index in [4.69, 9.17) is 0 Å². The lowest BCUT2D eigenvalue weighted by Crippen LogP contribution is -2.44. The van der Waals surface area contributed by atoms with Gasteiger partial charge in [0.1, 0.15) is 5.82 Å². The maximum absolute atomic E-state index is 13.8. The molecule has 0 aliphatic heterocycles. The highest BCUT2D eigenvalue weighted by atomic mass is 19.1. The molecule has 2 aromatic carbocycles. The lowest BCUT2D eigenvalue weighted by molar-refractivity contribution is -0.122. The Morgan fingerprint density at radius 2 is 1.86 bits per heavy atom. The lowest BCUT2D eigenvalue weighted by atomic mass is 9.87.